The summed E-state index contributed by atoms with van der Waals surface area (Å²) in [6.07, 6.45) is 2.19. The molecule has 4 heteroatoms. The molecule has 0 aliphatic carbocycles. The molecule has 1 aromatic carbocycles. The van der Waals surface area contributed by atoms with Gasteiger partial charge in [-0.3, -0.25) is 9.51 Å². The Balaban J connectivity index is 2.27. The van der Waals surface area contributed by atoms with Gasteiger partial charge in [-0.2, -0.15) is 0 Å². The van der Waals surface area contributed by atoms with Crippen molar-refractivity contribution in [2.75, 3.05) is 0 Å². The average Bonchev–Trinajstić information content (AvgIpc) is 2.67. The van der Waals surface area contributed by atoms with E-state index in [9.17, 15) is 4.79 Å². The van der Waals surface area contributed by atoms with E-state index in [1.165, 1.54) is 5.56 Å². The van der Waals surface area contributed by atoms with Crippen LogP contribution in [0.5, 0.6) is 0 Å². The highest BCUT2D eigenvalue weighted by Gasteiger charge is 2.03. The predicted octanol–water partition coefficient (Wildman–Crippen LogP) is 1.98. The molecule has 1 heterocycles. The molecule has 4 nitrogen and oxygen atoms in total. The molecule has 15 heavy (non-hydrogen) atoms. The van der Waals surface area contributed by atoms with Crippen molar-refractivity contribution in [3.8, 4) is 11.4 Å². The van der Waals surface area contributed by atoms with E-state index in [1.807, 2.05) is 24.3 Å². The summed E-state index contributed by atoms with van der Waals surface area (Å²) in [4.78, 5) is 13.3. The number of H-pyrrole nitrogens is 1. The van der Waals surface area contributed by atoms with Gasteiger partial charge in [0.1, 0.15) is 0 Å². The van der Waals surface area contributed by atoms with Crippen LogP contribution in [0.1, 0.15) is 18.9 Å². The van der Waals surface area contributed by atoms with Crippen LogP contribution in [0.25, 0.3) is 11.4 Å². The van der Waals surface area contributed by atoms with Crippen molar-refractivity contribution in [3.05, 3.63) is 40.4 Å². The number of rotatable bonds is 3. The summed E-state index contributed by atoms with van der Waals surface area (Å²) in [5.74, 6) is -0.0503. The lowest BCUT2D eigenvalue weighted by molar-refractivity contribution is 0.388. The lowest BCUT2D eigenvalue weighted by atomic mass is 10.1. The zero-order chi connectivity index (χ0) is 10.7. The Labute approximate surface area is 86.9 Å². The standard InChI is InChI=1S/C11H12N2O2/c1-2-3-8-4-6-9(7-5-8)10-12-11(14)15-13-10/h4-7H,2-3H2,1H3,(H,12,13,14). The van der Waals surface area contributed by atoms with Crippen LogP contribution in [0, 0.1) is 0 Å². The van der Waals surface area contributed by atoms with Gasteiger partial charge in [-0.05, 0) is 12.0 Å². The van der Waals surface area contributed by atoms with Crippen molar-refractivity contribution < 1.29 is 4.52 Å². The molecule has 0 radical (unpaired) electrons. The van der Waals surface area contributed by atoms with Gasteiger partial charge in [-0.15, -0.1) is 0 Å². The fourth-order valence-corrected chi connectivity index (χ4v) is 1.47. The molecule has 0 aliphatic rings. The molecular formula is C11H12N2O2. The topological polar surface area (TPSA) is 58.9 Å². The van der Waals surface area contributed by atoms with Crippen LogP contribution in [0.15, 0.2) is 33.6 Å². The van der Waals surface area contributed by atoms with Gasteiger partial charge >= 0.3 is 5.76 Å². The van der Waals surface area contributed by atoms with Crippen molar-refractivity contribution in [3.63, 3.8) is 0 Å². The molecule has 0 bridgehead atoms. The van der Waals surface area contributed by atoms with Crippen molar-refractivity contribution >= 4 is 0 Å². The molecule has 0 saturated heterocycles. The Hall–Kier alpha value is -1.84. The Kier molecular flexibility index (Phi) is 2.67. The second-order valence-corrected chi connectivity index (χ2v) is 3.39. The van der Waals surface area contributed by atoms with Crippen molar-refractivity contribution in [1.82, 2.24) is 10.1 Å². The van der Waals surface area contributed by atoms with Gasteiger partial charge in [0.25, 0.3) is 0 Å². The van der Waals surface area contributed by atoms with Gasteiger partial charge in [0.15, 0.2) is 5.82 Å². The van der Waals surface area contributed by atoms with Crippen molar-refractivity contribution in [2.24, 2.45) is 0 Å². The van der Waals surface area contributed by atoms with E-state index in [2.05, 4.69) is 21.6 Å². The van der Waals surface area contributed by atoms with E-state index in [-0.39, 0.29) is 0 Å². The third-order valence-corrected chi connectivity index (χ3v) is 2.21. The highest BCUT2D eigenvalue weighted by atomic mass is 16.5. The zero-order valence-electron chi connectivity index (χ0n) is 8.49. The molecule has 2 aromatic rings. The molecule has 0 unspecified atom stereocenters. The first kappa shape index (κ1) is 9.71. The number of hydrogen-bond acceptors (Lipinski definition) is 3. The Morgan fingerprint density at radius 2 is 2.07 bits per heavy atom. The smallest absolute Gasteiger partial charge is 0.296 e. The minimum absolute atomic E-state index is 0.475. The molecule has 78 valence electrons. The van der Waals surface area contributed by atoms with Gasteiger partial charge in [-0.25, -0.2) is 4.79 Å². The molecule has 2 rings (SSSR count). The van der Waals surface area contributed by atoms with Crippen LogP contribution in [0.2, 0.25) is 0 Å². The zero-order valence-corrected chi connectivity index (χ0v) is 8.49. The Morgan fingerprint density at radius 3 is 2.60 bits per heavy atom. The van der Waals surface area contributed by atoms with E-state index in [0.29, 0.717) is 5.82 Å². The van der Waals surface area contributed by atoms with Crippen molar-refractivity contribution in [2.45, 2.75) is 19.8 Å². The maximum atomic E-state index is 10.7. The van der Waals surface area contributed by atoms with Crippen LogP contribution in [0.4, 0.5) is 0 Å². The number of aromatic amines is 1. The number of hydrogen-bond donors (Lipinski definition) is 1. The molecule has 0 aliphatic heterocycles. The van der Waals surface area contributed by atoms with E-state index in [0.717, 1.165) is 18.4 Å². The summed E-state index contributed by atoms with van der Waals surface area (Å²) in [6, 6.07) is 7.93. The number of nitrogens with zero attached hydrogens (tertiary/aromatic N) is 1. The van der Waals surface area contributed by atoms with Crippen LogP contribution < -0.4 is 5.76 Å². The monoisotopic (exact) mass is 204 g/mol. The molecular weight excluding hydrogens is 192 g/mol. The summed E-state index contributed by atoms with van der Waals surface area (Å²) >= 11 is 0. The van der Waals surface area contributed by atoms with Gasteiger partial charge < -0.3 is 0 Å². The van der Waals surface area contributed by atoms with E-state index in [1.54, 1.807) is 0 Å². The largest absolute Gasteiger partial charge is 0.439 e. The highest BCUT2D eigenvalue weighted by Crippen LogP contribution is 2.14. The van der Waals surface area contributed by atoms with Gasteiger partial charge in [0.2, 0.25) is 0 Å². The lowest BCUT2D eigenvalue weighted by Gasteiger charge is -1.99. The second-order valence-electron chi connectivity index (χ2n) is 3.39. The first-order valence-corrected chi connectivity index (χ1v) is 4.95. The van der Waals surface area contributed by atoms with Crippen LogP contribution in [-0.4, -0.2) is 10.1 Å². The first-order chi connectivity index (χ1) is 7.29. The summed E-state index contributed by atoms with van der Waals surface area (Å²) in [6.45, 7) is 2.14. The summed E-state index contributed by atoms with van der Waals surface area (Å²) < 4.78 is 4.44. The summed E-state index contributed by atoms with van der Waals surface area (Å²) in [5.41, 5.74) is 2.15. The maximum absolute atomic E-state index is 10.7. The minimum Gasteiger partial charge on any atom is -0.296 e. The van der Waals surface area contributed by atoms with E-state index < -0.39 is 5.76 Å². The third kappa shape index (κ3) is 2.15. The van der Waals surface area contributed by atoms with E-state index in [4.69, 9.17) is 0 Å². The van der Waals surface area contributed by atoms with Gasteiger partial charge in [0, 0.05) is 5.56 Å². The Morgan fingerprint density at radius 1 is 1.33 bits per heavy atom. The molecule has 1 N–H and O–H groups in total. The summed E-state index contributed by atoms with van der Waals surface area (Å²) in [7, 11) is 0. The number of benzene rings is 1. The number of nitrogens with one attached hydrogen (secondary N) is 1. The average molecular weight is 204 g/mol. The third-order valence-electron chi connectivity index (χ3n) is 2.21. The molecule has 0 spiro atoms. The number of aryl methyl sites for hydroxylation is 1. The molecule has 1 aromatic heterocycles. The molecule has 0 saturated carbocycles. The second kappa shape index (κ2) is 4.13. The normalized spacial score (nSPS) is 10.5. The van der Waals surface area contributed by atoms with E-state index >= 15 is 0 Å². The SMILES string of the molecule is CCCc1ccc(-c2noc(=O)[nH]2)cc1. The molecule has 0 atom stereocenters. The minimum atomic E-state index is -0.525. The fraction of sp³-hybridized carbons (Fsp3) is 0.273. The van der Waals surface area contributed by atoms with Crippen molar-refractivity contribution in [1.29, 1.82) is 0 Å². The quantitative estimate of drug-likeness (QED) is 0.831. The van der Waals surface area contributed by atoms with Crippen LogP contribution in [0.3, 0.4) is 0 Å². The maximum Gasteiger partial charge on any atom is 0.439 e. The highest BCUT2D eigenvalue weighted by molar-refractivity contribution is 5.54. The van der Waals surface area contributed by atoms with Gasteiger partial charge in [0.05, 0.1) is 0 Å². The lowest BCUT2D eigenvalue weighted by Crippen LogP contribution is -1.94. The Bertz CT molecular complexity index is 482. The predicted molar refractivity (Wildman–Crippen MR) is 56.6 cm³/mol. The number of aromatic nitrogens is 2. The fourth-order valence-electron chi connectivity index (χ4n) is 1.47. The molecule has 0 fully saturated rings. The van der Waals surface area contributed by atoms with Crippen LogP contribution in [-0.2, 0) is 6.42 Å². The van der Waals surface area contributed by atoms with Crippen LogP contribution >= 0.6 is 0 Å². The summed E-state index contributed by atoms with van der Waals surface area (Å²) in [5, 5.41) is 3.62. The van der Waals surface area contributed by atoms with Gasteiger partial charge in [-0.1, -0.05) is 42.8 Å². The first-order valence-electron chi connectivity index (χ1n) is 4.95. The molecule has 0 amide bonds.